The number of carbonyl (C=O) groups excluding carboxylic acids is 3. The molecule has 1 aliphatic rings. The Kier molecular flexibility index (Phi) is 4.63. The van der Waals surface area contributed by atoms with Crippen LogP contribution >= 0.6 is 11.6 Å². The summed E-state index contributed by atoms with van der Waals surface area (Å²) in [6, 6.07) is 4.72. The lowest BCUT2D eigenvalue weighted by Gasteiger charge is -2.20. The van der Waals surface area contributed by atoms with Crippen LogP contribution < -0.4 is 0 Å². The molecule has 0 N–H and O–H groups in total. The highest BCUT2D eigenvalue weighted by Gasteiger charge is 2.38. The molecule has 0 saturated heterocycles. The summed E-state index contributed by atoms with van der Waals surface area (Å²) >= 11 is 5.97. The summed E-state index contributed by atoms with van der Waals surface area (Å²) in [5.74, 6) is -1.22. The molecule has 0 fully saturated rings. The first-order chi connectivity index (χ1) is 9.97. The van der Waals surface area contributed by atoms with Gasteiger partial charge < -0.3 is 4.90 Å². The molecule has 6 heteroatoms. The molecule has 1 aliphatic heterocycles. The Bertz CT molecular complexity index is 601. The third-order valence-corrected chi connectivity index (χ3v) is 3.83. The molecule has 5 nitrogen and oxygen atoms in total. The van der Waals surface area contributed by atoms with E-state index in [2.05, 4.69) is 0 Å². The van der Waals surface area contributed by atoms with Gasteiger partial charge in [0.2, 0.25) is 5.91 Å². The molecule has 0 aliphatic carbocycles. The number of hydrogen-bond acceptors (Lipinski definition) is 3. The zero-order valence-corrected chi connectivity index (χ0v) is 12.8. The second-order valence-corrected chi connectivity index (χ2v) is 5.43. The molecule has 0 atom stereocenters. The van der Waals surface area contributed by atoms with E-state index in [4.69, 9.17) is 11.6 Å². The van der Waals surface area contributed by atoms with Crippen LogP contribution in [0.25, 0.3) is 0 Å². The Morgan fingerprint density at radius 2 is 2.00 bits per heavy atom. The summed E-state index contributed by atoms with van der Waals surface area (Å²) in [5.41, 5.74) is 0.449. The predicted octanol–water partition coefficient (Wildman–Crippen LogP) is 2.19. The average Bonchev–Trinajstić information content (AvgIpc) is 2.70. The first-order valence-electron chi connectivity index (χ1n) is 6.86. The molecule has 0 saturated carbocycles. The summed E-state index contributed by atoms with van der Waals surface area (Å²) in [5, 5.41) is 0.236. The fourth-order valence-electron chi connectivity index (χ4n) is 2.21. The van der Waals surface area contributed by atoms with E-state index >= 15 is 0 Å². The lowest BCUT2D eigenvalue weighted by atomic mass is 10.1. The number of rotatable bonds is 5. The first-order valence-corrected chi connectivity index (χ1v) is 7.23. The van der Waals surface area contributed by atoms with E-state index in [9.17, 15) is 14.4 Å². The van der Waals surface area contributed by atoms with Crippen LogP contribution in [-0.2, 0) is 4.79 Å². The van der Waals surface area contributed by atoms with Gasteiger partial charge in [0.15, 0.2) is 0 Å². The van der Waals surface area contributed by atoms with Gasteiger partial charge in [-0.1, -0.05) is 31.0 Å². The monoisotopic (exact) mass is 308 g/mol. The molecular formula is C15H17ClN2O3. The molecule has 0 bridgehead atoms. The number of nitrogens with zero attached hydrogens (tertiary/aromatic N) is 2. The molecule has 3 amide bonds. The Labute approximate surface area is 128 Å². The highest BCUT2D eigenvalue weighted by atomic mass is 35.5. The number of unbranched alkanes of at least 4 members (excludes halogenated alkanes) is 1. The van der Waals surface area contributed by atoms with Gasteiger partial charge in [0.25, 0.3) is 11.8 Å². The smallest absolute Gasteiger partial charge is 0.263 e. The van der Waals surface area contributed by atoms with Gasteiger partial charge in [-0.25, -0.2) is 0 Å². The number of benzene rings is 1. The maximum Gasteiger partial charge on any atom is 0.263 e. The van der Waals surface area contributed by atoms with Crippen molar-refractivity contribution < 1.29 is 14.4 Å². The molecular weight excluding hydrogens is 292 g/mol. The summed E-state index contributed by atoms with van der Waals surface area (Å²) in [4.78, 5) is 39.0. The largest absolute Gasteiger partial charge is 0.344 e. The second kappa shape index (κ2) is 6.26. The minimum atomic E-state index is -0.502. The van der Waals surface area contributed by atoms with E-state index in [1.165, 1.54) is 4.90 Å². The molecule has 0 radical (unpaired) electrons. The quantitative estimate of drug-likeness (QED) is 0.784. The van der Waals surface area contributed by atoms with Gasteiger partial charge in [0.1, 0.15) is 6.54 Å². The van der Waals surface area contributed by atoms with Crippen LogP contribution in [0.5, 0.6) is 0 Å². The summed E-state index contributed by atoms with van der Waals surface area (Å²) in [6.45, 7) is 2.40. The van der Waals surface area contributed by atoms with Gasteiger partial charge in [-0.15, -0.1) is 0 Å². The van der Waals surface area contributed by atoms with Crippen LogP contribution in [-0.4, -0.2) is 47.7 Å². The van der Waals surface area contributed by atoms with Crippen molar-refractivity contribution in [1.29, 1.82) is 0 Å². The number of likely N-dealkylation sites (N-methyl/N-ethyl adjacent to an activating group) is 1. The highest BCUT2D eigenvalue weighted by Crippen LogP contribution is 2.28. The standard InChI is InChI=1S/C15H17ClN2O3/c1-3-4-8-17(2)12(19)9-18-14(20)10-6-5-7-11(16)13(10)15(18)21/h5-7H,3-4,8-9H2,1-2H3. The zero-order chi connectivity index (χ0) is 15.6. The molecule has 0 spiro atoms. The van der Waals surface area contributed by atoms with Crippen molar-refractivity contribution in [1.82, 2.24) is 9.80 Å². The molecule has 21 heavy (non-hydrogen) atoms. The normalized spacial score (nSPS) is 13.6. The third-order valence-electron chi connectivity index (χ3n) is 3.51. The van der Waals surface area contributed by atoms with E-state index < -0.39 is 11.8 Å². The minimum absolute atomic E-state index is 0.188. The Morgan fingerprint density at radius 1 is 1.29 bits per heavy atom. The maximum absolute atomic E-state index is 12.3. The van der Waals surface area contributed by atoms with Gasteiger partial charge in [0, 0.05) is 13.6 Å². The number of fused-ring (bicyclic) bond motifs is 1. The number of hydrogen-bond donors (Lipinski definition) is 0. The Morgan fingerprint density at radius 3 is 2.62 bits per heavy atom. The van der Waals surface area contributed by atoms with Crippen molar-refractivity contribution in [2.75, 3.05) is 20.1 Å². The number of imide groups is 1. The fourth-order valence-corrected chi connectivity index (χ4v) is 2.47. The highest BCUT2D eigenvalue weighted by molar-refractivity contribution is 6.37. The Balaban J connectivity index is 2.13. The predicted molar refractivity (Wildman–Crippen MR) is 79.4 cm³/mol. The van der Waals surface area contributed by atoms with E-state index in [0.717, 1.165) is 17.7 Å². The van der Waals surface area contributed by atoms with Crippen LogP contribution in [0, 0.1) is 0 Å². The molecule has 0 unspecified atom stereocenters. The van der Waals surface area contributed by atoms with Crippen LogP contribution in [0.3, 0.4) is 0 Å². The molecule has 1 heterocycles. The van der Waals surface area contributed by atoms with Crippen LogP contribution in [0.15, 0.2) is 18.2 Å². The van der Waals surface area contributed by atoms with Crippen molar-refractivity contribution in [3.05, 3.63) is 34.3 Å². The molecule has 2 rings (SSSR count). The number of carbonyl (C=O) groups is 3. The van der Waals surface area contributed by atoms with E-state index in [0.29, 0.717) is 6.54 Å². The number of halogens is 1. The first kappa shape index (κ1) is 15.5. The minimum Gasteiger partial charge on any atom is -0.344 e. The van der Waals surface area contributed by atoms with Gasteiger partial charge in [-0.3, -0.25) is 19.3 Å². The SMILES string of the molecule is CCCCN(C)C(=O)CN1C(=O)c2cccc(Cl)c2C1=O. The van der Waals surface area contributed by atoms with Crippen LogP contribution in [0.1, 0.15) is 40.5 Å². The maximum atomic E-state index is 12.3. The van der Waals surface area contributed by atoms with Crippen LogP contribution in [0.2, 0.25) is 5.02 Å². The van der Waals surface area contributed by atoms with E-state index in [1.54, 1.807) is 25.2 Å². The van der Waals surface area contributed by atoms with Gasteiger partial charge in [-0.2, -0.15) is 0 Å². The second-order valence-electron chi connectivity index (χ2n) is 5.03. The summed E-state index contributed by atoms with van der Waals surface area (Å²) in [7, 11) is 1.67. The lowest BCUT2D eigenvalue weighted by molar-refractivity contribution is -0.130. The summed E-state index contributed by atoms with van der Waals surface area (Å²) in [6.07, 6.45) is 1.86. The van der Waals surface area contributed by atoms with Crippen molar-refractivity contribution in [2.45, 2.75) is 19.8 Å². The summed E-state index contributed by atoms with van der Waals surface area (Å²) < 4.78 is 0. The number of amides is 3. The van der Waals surface area contributed by atoms with Gasteiger partial charge in [-0.05, 0) is 18.6 Å². The Hall–Kier alpha value is -1.88. The molecule has 0 aromatic heterocycles. The topological polar surface area (TPSA) is 57.7 Å². The van der Waals surface area contributed by atoms with Gasteiger partial charge >= 0.3 is 0 Å². The molecule has 1 aromatic carbocycles. The van der Waals surface area contributed by atoms with Crippen LogP contribution in [0.4, 0.5) is 0 Å². The zero-order valence-electron chi connectivity index (χ0n) is 12.1. The van der Waals surface area contributed by atoms with Crippen molar-refractivity contribution in [3.63, 3.8) is 0 Å². The van der Waals surface area contributed by atoms with E-state index in [-0.39, 0.29) is 28.6 Å². The van der Waals surface area contributed by atoms with Crippen molar-refractivity contribution in [2.24, 2.45) is 0 Å². The molecule has 112 valence electrons. The molecule has 1 aromatic rings. The van der Waals surface area contributed by atoms with Crippen molar-refractivity contribution >= 4 is 29.3 Å². The third kappa shape index (κ3) is 2.93. The fraction of sp³-hybridized carbons (Fsp3) is 0.400. The van der Waals surface area contributed by atoms with Gasteiger partial charge in [0.05, 0.1) is 16.1 Å². The van der Waals surface area contributed by atoms with E-state index in [1.807, 2.05) is 6.92 Å². The van der Waals surface area contributed by atoms with Crippen molar-refractivity contribution in [3.8, 4) is 0 Å². The lowest BCUT2D eigenvalue weighted by Crippen LogP contribution is -2.41. The average molecular weight is 309 g/mol.